The summed E-state index contributed by atoms with van der Waals surface area (Å²) < 4.78 is 28.7. The molecule has 1 aromatic rings. The van der Waals surface area contributed by atoms with Crippen LogP contribution in [0, 0.1) is 5.92 Å². The number of alkyl halides is 2. The number of aromatic amines is 1. The lowest BCUT2D eigenvalue weighted by Crippen LogP contribution is -2.40. The maximum absolute atomic E-state index is 11.9. The summed E-state index contributed by atoms with van der Waals surface area (Å²) in [6.07, 6.45) is 0.539. The van der Waals surface area contributed by atoms with E-state index in [0.717, 1.165) is 19.6 Å². The summed E-state index contributed by atoms with van der Waals surface area (Å²) >= 11 is 0. The Kier molecular flexibility index (Phi) is 4.64. The van der Waals surface area contributed by atoms with Crippen LogP contribution in [0.2, 0.25) is 0 Å². The first-order chi connectivity index (χ1) is 10.2. The minimum absolute atomic E-state index is 0.228. The zero-order chi connectivity index (χ0) is 14.7. The number of piperidine rings is 1. The third kappa shape index (κ3) is 3.68. The molecule has 2 fully saturated rings. The monoisotopic (exact) mass is 301 g/mol. The molecule has 1 aromatic heterocycles. The van der Waals surface area contributed by atoms with Crippen molar-refractivity contribution in [3.8, 4) is 0 Å². The summed E-state index contributed by atoms with van der Waals surface area (Å²) in [4.78, 5) is 6.62. The predicted molar refractivity (Wildman–Crippen MR) is 73.6 cm³/mol. The van der Waals surface area contributed by atoms with Crippen molar-refractivity contribution >= 4 is 5.95 Å². The van der Waals surface area contributed by atoms with Gasteiger partial charge >= 0.3 is 0 Å². The zero-order valence-corrected chi connectivity index (χ0v) is 11.9. The number of hydrogen-bond donors (Lipinski definition) is 2. The molecule has 2 unspecified atom stereocenters. The topological polar surface area (TPSA) is 66.1 Å². The van der Waals surface area contributed by atoms with E-state index in [-0.39, 0.29) is 6.61 Å². The van der Waals surface area contributed by atoms with Crippen LogP contribution < -0.4 is 10.2 Å². The number of nitrogens with one attached hydrogen (secondary N) is 2. The van der Waals surface area contributed by atoms with E-state index >= 15 is 0 Å². The summed E-state index contributed by atoms with van der Waals surface area (Å²) in [7, 11) is 0. The first-order valence-electron chi connectivity index (χ1n) is 7.48. The fourth-order valence-corrected chi connectivity index (χ4v) is 3.09. The van der Waals surface area contributed by atoms with Crippen LogP contribution in [-0.4, -0.2) is 60.5 Å². The molecule has 2 aliphatic heterocycles. The van der Waals surface area contributed by atoms with Gasteiger partial charge in [0, 0.05) is 25.6 Å². The van der Waals surface area contributed by atoms with Gasteiger partial charge in [0.05, 0.1) is 6.61 Å². The van der Waals surface area contributed by atoms with Gasteiger partial charge < -0.3 is 15.0 Å². The van der Waals surface area contributed by atoms with E-state index in [0.29, 0.717) is 30.2 Å². The van der Waals surface area contributed by atoms with Gasteiger partial charge in [-0.3, -0.25) is 5.10 Å². The van der Waals surface area contributed by atoms with Crippen LogP contribution in [0.25, 0.3) is 0 Å². The molecule has 0 saturated carbocycles. The number of aromatic nitrogens is 3. The van der Waals surface area contributed by atoms with Crippen LogP contribution in [0.4, 0.5) is 14.7 Å². The van der Waals surface area contributed by atoms with Crippen molar-refractivity contribution in [2.75, 3.05) is 37.7 Å². The molecule has 8 heteroatoms. The maximum atomic E-state index is 11.9. The molecule has 0 amide bonds. The van der Waals surface area contributed by atoms with Crippen molar-refractivity contribution in [1.82, 2.24) is 20.5 Å². The Bertz CT molecular complexity index is 442. The van der Waals surface area contributed by atoms with Gasteiger partial charge in [-0.25, -0.2) is 8.78 Å². The fraction of sp³-hybridized carbons (Fsp3) is 0.846. The molecule has 0 bridgehead atoms. The van der Waals surface area contributed by atoms with E-state index < -0.39 is 13.0 Å². The SMILES string of the molecule is FC(F)COCCc1nc(N2CC3CCCNC3C2)n[nH]1. The molecule has 0 aromatic carbocycles. The Labute approximate surface area is 122 Å². The lowest BCUT2D eigenvalue weighted by molar-refractivity contribution is 0.0183. The van der Waals surface area contributed by atoms with E-state index in [2.05, 4.69) is 25.4 Å². The normalized spacial score (nSPS) is 25.6. The smallest absolute Gasteiger partial charge is 0.261 e. The summed E-state index contributed by atoms with van der Waals surface area (Å²) in [5.74, 6) is 2.06. The molecule has 21 heavy (non-hydrogen) atoms. The highest BCUT2D eigenvalue weighted by Crippen LogP contribution is 2.27. The predicted octanol–water partition coefficient (Wildman–Crippen LogP) is 0.817. The van der Waals surface area contributed by atoms with Crippen LogP contribution in [0.15, 0.2) is 0 Å². The van der Waals surface area contributed by atoms with E-state index in [9.17, 15) is 8.78 Å². The van der Waals surface area contributed by atoms with Crippen molar-refractivity contribution in [2.24, 2.45) is 5.92 Å². The molecule has 2 N–H and O–H groups in total. The number of fused-ring (bicyclic) bond motifs is 1. The van der Waals surface area contributed by atoms with Crippen molar-refractivity contribution in [2.45, 2.75) is 31.7 Å². The number of H-pyrrole nitrogens is 1. The number of anilines is 1. The highest BCUT2D eigenvalue weighted by atomic mass is 19.3. The van der Waals surface area contributed by atoms with Crippen molar-refractivity contribution in [3.05, 3.63) is 5.82 Å². The third-order valence-electron chi connectivity index (χ3n) is 4.13. The fourth-order valence-electron chi connectivity index (χ4n) is 3.09. The second-order valence-electron chi connectivity index (χ2n) is 5.67. The molecule has 3 heterocycles. The Balaban J connectivity index is 1.48. The quantitative estimate of drug-likeness (QED) is 0.762. The lowest BCUT2D eigenvalue weighted by atomic mass is 9.94. The average Bonchev–Trinajstić information content (AvgIpc) is 3.09. The number of halogens is 2. The second-order valence-corrected chi connectivity index (χ2v) is 5.67. The van der Waals surface area contributed by atoms with Gasteiger partial charge in [-0.05, 0) is 25.3 Å². The van der Waals surface area contributed by atoms with Gasteiger partial charge in [0.1, 0.15) is 12.4 Å². The van der Waals surface area contributed by atoms with Gasteiger partial charge in [0.15, 0.2) is 0 Å². The van der Waals surface area contributed by atoms with E-state index in [1.807, 2.05) is 0 Å². The molecule has 0 radical (unpaired) electrons. The largest absolute Gasteiger partial charge is 0.375 e. The minimum Gasteiger partial charge on any atom is -0.375 e. The first kappa shape index (κ1) is 14.6. The Morgan fingerprint density at radius 2 is 2.29 bits per heavy atom. The van der Waals surface area contributed by atoms with E-state index in [1.165, 1.54) is 12.8 Å². The van der Waals surface area contributed by atoms with Gasteiger partial charge in [-0.1, -0.05) is 0 Å². The molecule has 0 aliphatic carbocycles. The van der Waals surface area contributed by atoms with Crippen LogP contribution in [0.1, 0.15) is 18.7 Å². The average molecular weight is 301 g/mol. The van der Waals surface area contributed by atoms with Crippen LogP contribution in [0.3, 0.4) is 0 Å². The molecule has 118 valence electrons. The second kappa shape index (κ2) is 6.65. The summed E-state index contributed by atoms with van der Waals surface area (Å²) in [6, 6.07) is 0.537. The standard InChI is InChI=1S/C13H21F2N5O/c14-11(15)8-21-5-3-12-17-13(19-18-12)20-6-9-2-1-4-16-10(9)7-20/h9-11,16H,1-8H2,(H,17,18,19). The summed E-state index contributed by atoms with van der Waals surface area (Å²) in [5, 5.41) is 10.6. The molecule has 3 rings (SSSR count). The zero-order valence-electron chi connectivity index (χ0n) is 11.9. The maximum Gasteiger partial charge on any atom is 0.261 e. The Morgan fingerprint density at radius 3 is 3.10 bits per heavy atom. The number of nitrogens with zero attached hydrogens (tertiary/aromatic N) is 3. The number of hydrogen-bond acceptors (Lipinski definition) is 5. The van der Waals surface area contributed by atoms with E-state index in [1.54, 1.807) is 0 Å². The molecular formula is C13H21F2N5O. The molecule has 2 aliphatic rings. The molecular weight excluding hydrogens is 280 g/mol. The Hall–Kier alpha value is -1.28. The lowest BCUT2D eigenvalue weighted by Gasteiger charge is -2.24. The van der Waals surface area contributed by atoms with Crippen molar-refractivity contribution < 1.29 is 13.5 Å². The number of ether oxygens (including phenoxy) is 1. The summed E-state index contributed by atoms with van der Waals surface area (Å²) in [5.41, 5.74) is 0. The number of rotatable bonds is 6. The van der Waals surface area contributed by atoms with Gasteiger partial charge in [-0.15, -0.1) is 5.10 Å². The highest BCUT2D eigenvalue weighted by Gasteiger charge is 2.35. The highest BCUT2D eigenvalue weighted by molar-refractivity contribution is 5.32. The van der Waals surface area contributed by atoms with E-state index in [4.69, 9.17) is 4.74 Å². The molecule has 0 spiro atoms. The van der Waals surface area contributed by atoms with Gasteiger partial charge in [0.25, 0.3) is 6.43 Å². The van der Waals surface area contributed by atoms with Crippen molar-refractivity contribution in [3.63, 3.8) is 0 Å². The third-order valence-corrected chi connectivity index (χ3v) is 4.13. The molecule has 2 saturated heterocycles. The first-order valence-corrected chi connectivity index (χ1v) is 7.48. The van der Waals surface area contributed by atoms with Crippen LogP contribution in [0.5, 0.6) is 0 Å². The van der Waals surface area contributed by atoms with Crippen LogP contribution in [-0.2, 0) is 11.2 Å². The van der Waals surface area contributed by atoms with Crippen LogP contribution >= 0.6 is 0 Å². The molecule has 2 atom stereocenters. The van der Waals surface area contributed by atoms with Gasteiger partial charge in [-0.2, -0.15) is 4.98 Å². The van der Waals surface area contributed by atoms with Crippen molar-refractivity contribution in [1.29, 1.82) is 0 Å². The van der Waals surface area contributed by atoms with Gasteiger partial charge in [0.2, 0.25) is 5.95 Å². The molecule has 6 nitrogen and oxygen atoms in total. The minimum atomic E-state index is -2.42. The summed E-state index contributed by atoms with van der Waals surface area (Å²) in [6.45, 7) is 2.71. The Morgan fingerprint density at radius 1 is 1.38 bits per heavy atom.